The topological polar surface area (TPSA) is 60.6 Å². The lowest BCUT2D eigenvalue weighted by Crippen LogP contribution is -2.23. The van der Waals surface area contributed by atoms with Gasteiger partial charge in [0.15, 0.2) is 0 Å². The molecule has 4 rings (SSSR count). The van der Waals surface area contributed by atoms with Gasteiger partial charge in [0.2, 0.25) is 0 Å². The van der Waals surface area contributed by atoms with Crippen molar-refractivity contribution in [1.82, 2.24) is 19.5 Å². The van der Waals surface area contributed by atoms with Crippen molar-refractivity contribution in [2.45, 2.75) is 19.4 Å². The van der Waals surface area contributed by atoms with Crippen molar-refractivity contribution in [2.75, 3.05) is 6.61 Å². The fourth-order valence-corrected chi connectivity index (χ4v) is 3.01. The molecule has 0 radical (unpaired) electrons. The Morgan fingerprint density at radius 3 is 3.22 bits per heavy atom. The molecule has 1 aromatic carbocycles. The largest absolute Gasteiger partial charge is 0.493 e. The van der Waals surface area contributed by atoms with E-state index in [9.17, 15) is 4.79 Å². The molecular weight excluding hydrogens is 292 g/mol. The number of carbonyl (C=O) groups is 1. The van der Waals surface area contributed by atoms with Crippen LogP contribution in [0, 0.1) is 0 Å². The molecule has 1 N–H and O–H groups in total. The number of hydrogen-bond donors (Lipinski definition) is 1. The van der Waals surface area contributed by atoms with E-state index in [4.69, 9.17) is 4.74 Å². The Bertz CT molecular complexity index is 878. The summed E-state index contributed by atoms with van der Waals surface area (Å²) in [5.41, 5.74) is 3.68. The van der Waals surface area contributed by atoms with Gasteiger partial charge in [0.25, 0.3) is 5.91 Å². The third-order valence-corrected chi connectivity index (χ3v) is 4.21. The van der Waals surface area contributed by atoms with Crippen LogP contribution in [0.4, 0.5) is 0 Å². The second-order valence-electron chi connectivity index (χ2n) is 5.81. The van der Waals surface area contributed by atoms with Crippen LogP contribution in [0.25, 0.3) is 5.65 Å². The number of benzene rings is 1. The first-order valence-electron chi connectivity index (χ1n) is 7.74. The van der Waals surface area contributed by atoms with Gasteiger partial charge in [-0.15, -0.1) is 0 Å². The van der Waals surface area contributed by atoms with Crippen LogP contribution in [0.1, 0.15) is 27.9 Å². The third kappa shape index (κ3) is 2.46. The van der Waals surface area contributed by atoms with Gasteiger partial charge in [-0.1, -0.05) is 12.1 Å². The molecule has 3 heterocycles. The van der Waals surface area contributed by atoms with Gasteiger partial charge < -0.3 is 14.6 Å². The van der Waals surface area contributed by atoms with Gasteiger partial charge in [0.05, 0.1) is 12.8 Å². The van der Waals surface area contributed by atoms with E-state index in [1.54, 1.807) is 10.7 Å². The highest BCUT2D eigenvalue weighted by Crippen LogP contribution is 2.25. The normalized spacial score (nSPS) is 13.6. The highest BCUT2D eigenvalue weighted by Gasteiger charge is 2.15. The molecule has 23 heavy (non-hydrogen) atoms. The minimum absolute atomic E-state index is 0.115. The molecule has 6 heteroatoms. The van der Waals surface area contributed by atoms with Crippen molar-refractivity contribution in [3.8, 4) is 5.75 Å². The van der Waals surface area contributed by atoms with Crippen LogP contribution >= 0.6 is 0 Å². The standard InChI is InChI=1S/C17H18N4O2/c1-20-6-7-21-17(20)14(11-19-21)16(22)18-10-12-4-5-15-13(9-12)3-2-8-23-15/h4-7,9,11H,2-3,8,10H2,1H3,(H,18,22). The lowest BCUT2D eigenvalue weighted by Gasteiger charge is -2.18. The van der Waals surface area contributed by atoms with Gasteiger partial charge in [-0.2, -0.15) is 5.10 Å². The maximum absolute atomic E-state index is 12.4. The zero-order valence-electron chi connectivity index (χ0n) is 13.0. The first kappa shape index (κ1) is 13.9. The maximum Gasteiger partial charge on any atom is 0.256 e. The van der Waals surface area contributed by atoms with Crippen LogP contribution in [-0.4, -0.2) is 26.7 Å². The molecule has 2 aromatic heterocycles. The first-order chi connectivity index (χ1) is 11.2. The molecule has 0 atom stereocenters. The summed E-state index contributed by atoms with van der Waals surface area (Å²) < 4.78 is 9.20. The number of aromatic nitrogens is 3. The van der Waals surface area contributed by atoms with E-state index >= 15 is 0 Å². The summed E-state index contributed by atoms with van der Waals surface area (Å²) in [6, 6.07) is 6.11. The Balaban J connectivity index is 1.50. The van der Waals surface area contributed by atoms with E-state index < -0.39 is 0 Å². The van der Waals surface area contributed by atoms with E-state index in [2.05, 4.69) is 16.5 Å². The zero-order valence-corrected chi connectivity index (χ0v) is 13.0. The van der Waals surface area contributed by atoms with Crippen molar-refractivity contribution < 1.29 is 9.53 Å². The van der Waals surface area contributed by atoms with Gasteiger partial charge in [-0.25, -0.2) is 4.52 Å². The monoisotopic (exact) mass is 310 g/mol. The van der Waals surface area contributed by atoms with Crippen molar-refractivity contribution in [3.63, 3.8) is 0 Å². The molecule has 3 aromatic rings. The summed E-state index contributed by atoms with van der Waals surface area (Å²) in [6.07, 6.45) is 7.39. The zero-order chi connectivity index (χ0) is 15.8. The summed E-state index contributed by atoms with van der Waals surface area (Å²) in [5.74, 6) is 0.851. The Labute approximate surface area is 133 Å². The fraction of sp³-hybridized carbons (Fsp3) is 0.294. The van der Waals surface area contributed by atoms with Crippen LogP contribution < -0.4 is 10.1 Å². The average molecular weight is 310 g/mol. The van der Waals surface area contributed by atoms with E-state index in [-0.39, 0.29) is 5.91 Å². The number of imidazole rings is 1. The molecule has 1 aliphatic rings. The summed E-state index contributed by atoms with van der Waals surface area (Å²) in [5, 5.41) is 7.16. The van der Waals surface area contributed by atoms with Crippen LogP contribution in [0.3, 0.4) is 0 Å². The number of nitrogens with one attached hydrogen (secondary N) is 1. The highest BCUT2D eigenvalue weighted by atomic mass is 16.5. The molecule has 0 saturated carbocycles. The predicted molar refractivity (Wildman–Crippen MR) is 85.6 cm³/mol. The van der Waals surface area contributed by atoms with Gasteiger partial charge in [0, 0.05) is 26.0 Å². The van der Waals surface area contributed by atoms with E-state index in [0.29, 0.717) is 12.1 Å². The second-order valence-corrected chi connectivity index (χ2v) is 5.81. The highest BCUT2D eigenvalue weighted by molar-refractivity contribution is 5.99. The summed E-state index contributed by atoms with van der Waals surface area (Å²) in [6.45, 7) is 1.28. The van der Waals surface area contributed by atoms with Crippen molar-refractivity contribution in [1.29, 1.82) is 0 Å². The summed E-state index contributed by atoms with van der Waals surface area (Å²) >= 11 is 0. The van der Waals surface area contributed by atoms with Crippen LogP contribution in [0.2, 0.25) is 0 Å². The molecule has 1 amide bonds. The number of aryl methyl sites for hydroxylation is 2. The molecule has 0 saturated heterocycles. The second kappa shape index (κ2) is 5.46. The minimum Gasteiger partial charge on any atom is -0.493 e. The molecule has 6 nitrogen and oxygen atoms in total. The predicted octanol–water partition coefficient (Wildman–Crippen LogP) is 1.93. The van der Waals surface area contributed by atoms with E-state index in [1.165, 1.54) is 5.56 Å². The van der Waals surface area contributed by atoms with Gasteiger partial charge in [0.1, 0.15) is 17.0 Å². The summed E-state index contributed by atoms with van der Waals surface area (Å²) in [7, 11) is 1.90. The summed E-state index contributed by atoms with van der Waals surface area (Å²) in [4.78, 5) is 12.4. The number of amides is 1. The Morgan fingerprint density at radius 2 is 2.30 bits per heavy atom. The minimum atomic E-state index is -0.115. The molecule has 0 unspecified atom stereocenters. The van der Waals surface area contributed by atoms with Crippen molar-refractivity contribution in [3.05, 3.63) is 53.5 Å². The Morgan fingerprint density at radius 1 is 1.39 bits per heavy atom. The first-order valence-corrected chi connectivity index (χ1v) is 7.74. The number of hydrogen-bond acceptors (Lipinski definition) is 3. The number of rotatable bonds is 3. The number of ether oxygens (including phenoxy) is 1. The molecule has 118 valence electrons. The maximum atomic E-state index is 12.4. The Kier molecular flexibility index (Phi) is 3.29. The van der Waals surface area contributed by atoms with Crippen molar-refractivity contribution in [2.24, 2.45) is 7.05 Å². The third-order valence-electron chi connectivity index (χ3n) is 4.21. The number of fused-ring (bicyclic) bond motifs is 2. The smallest absolute Gasteiger partial charge is 0.256 e. The van der Waals surface area contributed by atoms with Crippen molar-refractivity contribution >= 4 is 11.6 Å². The molecule has 0 bridgehead atoms. The Hall–Kier alpha value is -2.76. The van der Waals surface area contributed by atoms with Crippen LogP contribution in [-0.2, 0) is 20.0 Å². The number of nitrogens with zero attached hydrogens (tertiary/aromatic N) is 3. The van der Waals surface area contributed by atoms with E-state index in [1.807, 2.05) is 36.1 Å². The van der Waals surface area contributed by atoms with Gasteiger partial charge in [-0.3, -0.25) is 4.79 Å². The molecule has 0 fully saturated rings. The lowest BCUT2D eigenvalue weighted by molar-refractivity contribution is 0.0952. The van der Waals surface area contributed by atoms with Gasteiger partial charge in [-0.05, 0) is 30.0 Å². The van der Waals surface area contributed by atoms with Crippen LogP contribution in [0.15, 0.2) is 36.8 Å². The fourth-order valence-electron chi connectivity index (χ4n) is 3.01. The molecule has 0 aliphatic carbocycles. The average Bonchev–Trinajstić information content (AvgIpc) is 3.16. The molecular formula is C17H18N4O2. The quantitative estimate of drug-likeness (QED) is 0.804. The molecule has 1 aliphatic heterocycles. The van der Waals surface area contributed by atoms with E-state index in [0.717, 1.165) is 36.4 Å². The van der Waals surface area contributed by atoms with Crippen LogP contribution in [0.5, 0.6) is 5.75 Å². The lowest BCUT2D eigenvalue weighted by atomic mass is 10.0. The number of carbonyl (C=O) groups excluding carboxylic acids is 1. The van der Waals surface area contributed by atoms with Gasteiger partial charge >= 0.3 is 0 Å². The SMILES string of the molecule is Cn1ccn2ncc(C(=O)NCc3ccc4c(c3)CCCO4)c12. The molecule has 0 spiro atoms.